The monoisotopic (exact) mass is 356 g/mol. The van der Waals surface area contributed by atoms with Gasteiger partial charge in [0.2, 0.25) is 0 Å². The number of nitrogens with one attached hydrogen (secondary N) is 1. The predicted molar refractivity (Wildman–Crippen MR) is 107 cm³/mol. The van der Waals surface area contributed by atoms with Gasteiger partial charge < -0.3 is 9.55 Å². The van der Waals surface area contributed by atoms with E-state index in [1.54, 1.807) is 24.3 Å². The van der Waals surface area contributed by atoms with Crippen LogP contribution in [0.1, 0.15) is 11.3 Å². The molecule has 27 heavy (non-hydrogen) atoms. The first-order valence-electron chi connectivity index (χ1n) is 8.41. The van der Waals surface area contributed by atoms with Crippen molar-refractivity contribution < 1.29 is 0 Å². The van der Waals surface area contributed by atoms with Crippen LogP contribution < -0.4 is 11.2 Å². The number of H-pyrrole nitrogens is 1. The second-order valence-electron chi connectivity index (χ2n) is 6.14. The van der Waals surface area contributed by atoms with Gasteiger partial charge in [0.25, 0.3) is 5.56 Å². The van der Waals surface area contributed by atoms with Crippen molar-refractivity contribution in [3.8, 4) is 12.3 Å². The highest BCUT2D eigenvalue weighted by Gasteiger charge is 2.12. The molecule has 0 aliphatic carbocycles. The van der Waals surface area contributed by atoms with Gasteiger partial charge in [-0.05, 0) is 25.1 Å². The lowest BCUT2D eigenvalue weighted by atomic mass is 10.1. The van der Waals surface area contributed by atoms with Crippen molar-refractivity contribution in [1.29, 1.82) is 0 Å². The van der Waals surface area contributed by atoms with Crippen LogP contribution in [0.3, 0.4) is 0 Å². The van der Waals surface area contributed by atoms with Gasteiger partial charge in [0.1, 0.15) is 0 Å². The van der Waals surface area contributed by atoms with E-state index in [0.717, 1.165) is 26.8 Å². The predicted octanol–water partition coefficient (Wildman–Crippen LogP) is 2.47. The average molecular weight is 356 g/mol. The number of aromatic nitrogens is 3. The van der Waals surface area contributed by atoms with Crippen LogP contribution in [0.25, 0.3) is 21.8 Å². The molecule has 2 aromatic carbocycles. The molecule has 0 saturated heterocycles. The largest absolute Gasteiger partial charge is 0.349 e. The van der Waals surface area contributed by atoms with E-state index in [2.05, 4.69) is 16.0 Å². The smallest absolute Gasteiger partial charge is 0.333 e. The van der Waals surface area contributed by atoms with Crippen LogP contribution in [-0.2, 0) is 6.54 Å². The Bertz CT molecular complexity index is 1360. The SMILES string of the molecule is C#CCn1c(C)c(C=Nn2c(=O)[nH]c3ccccc3c2=O)c2ccccc21. The third-order valence-electron chi connectivity index (χ3n) is 4.62. The number of para-hydroxylation sites is 2. The van der Waals surface area contributed by atoms with Crippen molar-refractivity contribution in [1.82, 2.24) is 14.2 Å². The summed E-state index contributed by atoms with van der Waals surface area (Å²) in [6, 6.07) is 14.6. The Labute approximate surface area is 154 Å². The molecule has 1 N–H and O–H groups in total. The van der Waals surface area contributed by atoms with Crippen molar-refractivity contribution in [3.63, 3.8) is 0 Å². The van der Waals surface area contributed by atoms with Crippen LogP contribution >= 0.6 is 0 Å². The van der Waals surface area contributed by atoms with E-state index < -0.39 is 11.2 Å². The minimum absolute atomic E-state index is 0.403. The summed E-state index contributed by atoms with van der Waals surface area (Å²) >= 11 is 0. The van der Waals surface area contributed by atoms with Crippen LogP contribution in [0, 0.1) is 19.3 Å². The Morgan fingerprint density at radius 1 is 1.11 bits per heavy atom. The molecular formula is C21H16N4O2. The molecule has 0 fully saturated rings. The molecule has 0 aliphatic rings. The van der Waals surface area contributed by atoms with E-state index in [-0.39, 0.29) is 0 Å². The highest BCUT2D eigenvalue weighted by Crippen LogP contribution is 2.24. The minimum Gasteiger partial charge on any atom is -0.333 e. The van der Waals surface area contributed by atoms with Gasteiger partial charge in [-0.3, -0.25) is 4.79 Å². The zero-order valence-corrected chi connectivity index (χ0v) is 14.6. The maximum atomic E-state index is 12.6. The molecule has 132 valence electrons. The van der Waals surface area contributed by atoms with Crippen molar-refractivity contribution in [2.45, 2.75) is 13.5 Å². The molecule has 2 heterocycles. The second-order valence-corrected chi connectivity index (χ2v) is 6.14. The molecule has 4 rings (SSSR count). The van der Waals surface area contributed by atoms with Crippen molar-refractivity contribution in [2.75, 3.05) is 0 Å². The van der Waals surface area contributed by atoms with Gasteiger partial charge in [-0.1, -0.05) is 36.3 Å². The van der Waals surface area contributed by atoms with Crippen LogP contribution in [0.4, 0.5) is 0 Å². The molecule has 0 atom stereocenters. The standard InChI is InChI=1S/C21H16N4O2/c1-3-12-24-14(2)17(15-8-5-7-11-19(15)24)13-22-25-20(26)16-9-4-6-10-18(16)23-21(25)27/h1,4-11,13H,12H2,2H3,(H,23,27). The van der Waals surface area contributed by atoms with E-state index in [0.29, 0.717) is 17.4 Å². The van der Waals surface area contributed by atoms with Gasteiger partial charge in [-0.25, -0.2) is 4.79 Å². The van der Waals surface area contributed by atoms with Crippen LogP contribution in [0.2, 0.25) is 0 Å². The molecule has 6 heteroatoms. The topological polar surface area (TPSA) is 72.2 Å². The Morgan fingerprint density at radius 3 is 2.59 bits per heavy atom. The summed E-state index contributed by atoms with van der Waals surface area (Å²) in [5.74, 6) is 2.65. The fourth-order valence-electron chi connectivity index (χ4n) is 3.29. The lowest BCUT2D eigenvalue weighted by Crippen LogP contribution is -2.32. The molecule has 0 saturated carbocycles. The molecule has 0 bridgehead atoms. The zero-order chi connectivity index (χ0) is 19.0. The number of terminal acetylenes is 1. The number of nitrogens with zero attached hydrogens (tertiary/aromatic N) is 3. The van der Waals surface area contributed by atoms with Gasteiger partial charge in [0.15, 0.2) is 0 Å². The van der Waals surface area contributed by atoms with Crippen molar-refractivity contribution >= 4 is 28.0 Å². The summed E-state index contributed by atoms with van der Waals surface area (Å²) < 4.78 is 2.85. The molecule has 0 aliphatic heterocycles. The molecule has 2 aromatic heterocycles. The normalized spacial score (nSPS) is 11.4. The lowest BCUT2D eigenvalue weighted by Gasteiger charge is -2.03. The third kappa shape index (κ3) is 2.66. The molecule has 6 nitrogen and oxygen atoms in total. The van der Waals surface area contributed by atoms with Crippen molar-refractivity contribution in [2.24, 2.45) is 5.10 Å². The first-order valence-corrected chi connectivity index (χ1v) is 8.41. The molecular weight excluding hydrogens is 340 g/mol. The number of hydrogen-bond donors (Lipinski definition) is 1. The Balaban J connectivity index is 1.91. The number of rotatable bonds is 3. The first kappa shape index (κ1) is 16.6. The summed E-state index contributed by atoms with van der Waals surface area (Å²) in [6.07, 6.45) is 7.03. The molecule has 0 amide bonds. The average Bonchev–Trinajstić information content (AvgIpc) is 2.94. The van der Waals surface area contributed by atoms with Gasteiger partial charge in [-0.2, -0.15) is 5.10 Å². The van der Waals surface area contributed by atoms with E-state index in [1.807, 2.05) is 35.8 Å². The van der Waals surface area contributed by atoms with Crippen LogP contribution in [0.15, 0.2) is 63.2 Å². The van der Waals surface area contributed by atoms with E-state index in [9.17, 15) is 9.59 Å². The molecule has 0 unspecified atom stereocenters. The molecule has 0 radical (unpaired) electrons. The maximum absolute atomic E-state index is 12.6. The fraction of sp³-hybridized carbons (Fsp3) is 0.0952. The van der Waals surface area contributed by atoms with E-state index in [1.165, 1.54) is 6.21 Å². The van der Waals surface area contributed by atoms with Gasteiger partial charge >= 0.3 is 5.69 Å². The third-order valence-corrected chi connectivity index (χ3v) is 4.62. The van der Waals surface area contributed by atoms with E-state index >= 15 is 0 Å². The number of hydrogen-bond acceptors (Lipinski definition) is 3. The lowest BCUT2D eigenvalue weighted by molar-refractivity contribution is 0.771. The summed E-state index contributed by atoms with van der Waals surface area (Å²) in [5.41, 5.74) is 2.16. The fourth-order valence-corrected chi connectivity index (χ4v) is 3.29. The minimum atomic E-state index is -0.583. The number of fused-ring (bicyclic) bond motifs is 2. The first-order chi connectivity index (χ1) is 13.1. The highest BCUT2D eigenvalue weighted by atomic mass is 16.2. The Kier molecular flexibility index (Phi) is 3.98. The van der Waals surface area contributed by atoms with E-state index in [4.69, 9.17) is 6.42 Å². The van der Waals surface area contributed by atoms with Crippen LogP contribution in [0.5, 0.6) is 0 Å². The zero-order valence-electron chi connectivity index (χ0n) is 14.6. The maximum Gasteiger partial charge on any atom is 0.349 e. The Morgan fingerprint density at radius 2 is 1.81 bits per heavy atom. The summed E-state index contributed by atoms with van der Waals surface area (Å²) in [4.78, 5) is 27.6. The number of benzene rings is 2. The Hall–Kier alpha value is -3.85. The summed E-state index contributed by atoms with van der Waals surface area (Å²) in [7, 11) is 0. The van der Waals surface area contributed by atoms with Gasteiger partial charge in [0.05, 0.1) is 23.7 Å². The molecule has 4 aromatic rings. The molecule has 0 spiro atoms. The van der Waals surface area contributed by atoms with Crippen molar-refractivity contribution in [3.05, 3.63) is 80.6 Å². The van der Waals surface area contributed by atoms with Gasteiger partial charge in [-0.15, -0.1) is 11.1 Å². The summed E-state index contributed by atoms with van der Waals surface area (Å²) in [5, 5.41) is 5.54. The second kappa shape index (κ2) is 6.46. The highest BCUT2D eigenvalue weighted by molar-refractivity contribution is 6.01. The quantitative estimate of drug-likeness (QED) is 0.452. The summed E-state index contributed by atoms with van der Waals surface area (Å²) in [6.45, 7) is 2.36. The number of aromatic amines is 1. The van der Waals surface area contributed by atoms with Gasteiger partial charge in [0, 0.05) is 22.2 Å². The van der Waals surface area contributed by atoms with Crippen LogP contribution in [-0.4, -0.2) is 20.4 Å².